The van der Waals surface area contributed by atoms with E-state index in [2.05, 4.69) is 10.6 Å². The molecule has 1 aromatic rings. The predicted octanol–water partition coefficient (Wildman–Crippen LogP) is 2.06. The van der Waals surface area contributed by atoms with Gasteiger partial charge in [0.05, 0.1) is 11.6 Å². The molecule has 3 amide bonds. The number of benzene rings is 1. The van der Waals surface area contributed by atoms with Gasteiger partial charge in [-0.25, -0.2) is 4.79 Å². The summed E-state index contributed by atoms with van der Waals surface area (Å²) in [6.45, 7) is 1.72. The summed E-state index contributed by atoms with van der Waals surface area (Å²) < 4.78 is 0. The first-order valence-corrected chi connectivity index (χ1v) is 6.53. The molecule has 0 aromatic heterocycles. The highest BCUT2D eigenvalue weighted by molar-refractivity contribution is 6.30. The Balaban J connectivity index is 2.50. The van der Waals surface area contributed by atoms with Gasteiger partial charge in [-0.15, -0.1) is 0 Å². The van der Waals surface area contributed by atoms with Gasteiger partial charge >= 0.3 is 6.03 Å². The second-order valence-electron chi connectivity index (χ2n) is 4.82. The van der Waals surface area contributed by atoms with E-state index in [1.807, 2.05) is 6.07 Å². The lowest BCUT2D eigenvalue weighted by Crippen LogP contribution is -2.46. The van der Waals surface area contributed by atoms with Gasteiger partial charge in [-0.3, -0.25) is 4.79 Å². The third-order valence-electron chi connectivity index (χ3n) is 3.09. The molecule has 1 heterocycles. The summed E-state index contributed by atoms with van der Waals surface area (Å²) >= 11 is 5.99. The molecule has 1 atom stereocenters. The fourth-order valence-electron chi connectivity index (χ4n) is 2.15. The van der Waals surface area contributed by atoms with Gasteiger partial charge in [0.2, 0.25) is 0 Å². The van der Waals surface area contributed by atoms with Gasteiger partial charge in [0.25, 0.3) is 5.91 Å². The van der Waals surface area contributed by atoms with Gasteiger partial charge in [-0.1, -0.05) is 23.7 Å². The van der Waals surface area contributed by atoms with E-state index in [0.29, 0.717) is 16.3 Å². The summed E-state index contributed by atoms with van der Waals surface area (Å²) in [6.07, 6.45) is 0. The Hall–Kier alpha value is -2.01. The van der Waals surface area contributed by atoms with Crippen molar-refractivity contribution in [3.05, 3.63) is 46.1 Å². The molecule has 1 aliphatic rings. The molecule has 0 aliphatic carbocycles. The van der Waals surface area contributed by atoms with E-state index >= 15 is 0 Å². The topological polar surface area (TPSA) is 61.4 Å². The van der Waals surface area contributed by atoms with Crippen LogP contribution in [0.5, 0.6) is 0 Å². The van der Waals surface area contributed by atoms with E-state index in [1.165, 1.54) is 4.90 Å². The van der Waals surface area contributed by atoms with Crippen LogP contribution in [0.3, 0.4) is 0 Å². The van der Waals surface area contributed by atoms with Crippen molar-refractivity contribution in [1.29, 1.82) is 0 Å². The molecule has 2 rings (SSSR count). The van der Waals surface area contributed by atoms with Crippen molar-refractivity contribution in [2.24, 2.45) is 0 Å². The number of likely N-dealkylation sites (N-methyl/N-ethyl adjacent to an activating group) is 1. The summed E-state index contributed by atoms with van der Waals surface area (Å²) in [5, 5.41) is 5.95. The van der Waals surface area contributed by atoms with Crippen LogP contribution in [0.4, 0.5) is 4.79 Å². The number of amides is 3. The van der Waals surface area contributed by atoms with Crippen molar-refractivity contribution in [2.75, 3.05) is 14.1 Å². The van der Waals surface area contributed by atoms with E-state index in [9.17, 15) is 9.59 Å². The standard InChI is InChI=1S/C14H16ClN3O2/c1-8-11(13(19)18(2)3)12(17-14(20)16-8)9-5-4-6-10(15)7-9/h4-7,12H,1-3H3,(H2,16,17,20)/t12-/m1/s1. The minimum Gasteiger partial charge on any atom is -0.345 e. The molecule has 1 aliphatic heterocycles. The van der Waals surface area contributed by atoms with Crippen molar-refractivity contribution < 1.29 is 9.59 Å². The molecule has 0 radical (unpaired) electrons. The van der Waals surface area contributed by atoms with Crippen LogP contribution in [0.25, 0.3) is 0 Å². The molecule has 0 spiro atoms. The number of allylic oxidation sites excluding steroid dienone is 1. The molecule has 0 saturated carbocycles. The monoisotopic (exact) mass is 293 g/mol. The molecular weight excluding hydrogens is 278 g/mol. The third-order valence-corrected chi connectivity index (χ3v) is 3.32. The average molecular weight is 294 g/mol. The highest BCUT2D eigenvalue weighted by Crippen LogP contribution is 2.29. The molecule has 0 saturated heterocycles. The van der Waals surface area contributed by atoms with E-state index in [1.54, 1.807) is 39.2 Å². The minimum atomic E-state index is -0.502. The summed E-state index contributed by atoms with van der Waals surface area (Å²) in [7, 11) is 3.35. The first-order valence-electron chi connectivity index (χ1n) is 6.15. The number of hydrogen-bond donors (Lipinski definition) is 2. The van der Waals surface area contributed by atoms with Gasteiger partial charge in [0.15, 0.2) is 0 Å². The van der Waals surface area contributed by atoms with Crippen LogP contribution in [0.15, 0.2) is 35.5 Å². The van der Waals surface area contributed by atoms with Crippen molar-refractivity contribution in [2.45, 2.75) is 13.0 Å². The van der Waals surface area contributed by atoms with Gasteiger partial charge in [0.1, 0.15) is 0 Å². The molecule has 0 bridgehead atoms. The lowest BCUT2D eigenvalue weighted by molar-refractivity contribution is -0.125. The summed E-state index contributed by atoms with van der Waals surface area (Å²) in [4.78, 5) is 25.5. The molecule has 6 heteroatoms. The SMILES string of the molecule is CC1=C(C(=O)N(C)C)[C@@H](c2cccc(Cl)c2)NC(=O)N1. The number of nitrogens with one attached hydrogen (secondary N) is 2. The number of carbonyl (C=O) groups excluding carboxylic acids is 2. The molecule has 0 unspecified atom stereocenters. The summed E-state index contributed by atoms with van der Waals surface area (Å²) in [6, 6.07) is 6.28. The third kappa shape index (κ3) is 2.77. The summed E-state index contributed by atoms with van der Waals surface area (Å²) in [5.41, 5.74) is 1.84. The highest BCUT2D eigenvalue weighted by Gasteiger charge is 2.31. The Bertz CT molecular complexity index is 596. The Morgan fingerprint density at radius 1 is 1.35 bits per heavy atom. The average Bonchev–Trinajstić information content (AvgIpc) is 2.37. The molecular formula is C14H16ClN3O2. The van der Waals surface area contributed by atoms with Crippen LogP contribution in [-0.2, 0) is 4.79 Å². The largest absolute Gasteiger partial charge is 0.345 e. The normalized spacial score (nSPS) is 18.4. The number of rotatable bonds is 2. The van der Waals surface area contributed by atoms with Crippen LogP contribution < -0.4 is 10.6 Å². The van der Waals surface area contributed by atoms with E-state index in [4.69, 9.17) is 11.6 Å². The van der Waals surface area contributed by atoms with Crippen LogP contribution in [0.1, 0.15) is 18.5 Å². The molecule has 20 heavy (non-hydrogen) atoms. The Morgan fingerprint density at radius 3 is 2.65 bits per heavy atom. The first-order chi connectivity index (χ1) is 9.40. The van der Waals surface area contributed by atoms with E-state index in [0.717, 1.165) is 5.56 Å². The predicted molar refractivity (Wildman–Crippen MR) is 77.3 cm³/mol. The van der Waals surface area contributed by atoms with Gasteiger partial charge in [0, 0.05) is 24.8 Å². The smallest absolute Gasteiger partial charge is 0.319 e. The fraction of sp³-hybridized carbons (Fsp3) is 0.286. The Morgan fingerprint density at radius 2 is 2.05 bits per heavy atom. The minimum absolute atomic E-state index is 0.153. The second kappa shape index (κ2) is 5.54. The maximum Gasteiger partial charge on any atom is 0.319 e. The molecule has 106 valence electrons. The molecule has 2 N–H and O–H groups in total. The van der Waals surface area contributed by atoms with Crippen LogP contribution in [0, 0.1) is 0 Å². The van der Waals surface area contributed by atoms with Gasteiger partial charge in [-0.05, 0) is 24.6 Å². The van der Waals surface area contributed by atoms with Gasteiger partial charge < -0.3 is 15.5 Å². The Kier molecular flexibility index (Phi) is 3.99. The van der Waals surface area contributed by atoms with Crippen molar-refractivity contribution in [1.82, 2.24) is 15.5 Å². The number of urea groups is 1. The number of hydrogen-bond acceptors (Lipinski definition) is 2. The van der Waals surface area contributed by atoms with E-state index < -0.39 is 6.04 Å². The lowest BCUT2D eigenvalue weighted by Gasteiger charge is -2.30. The quantitative estimate of drug-likeness (QED) is 0.877. The fourth-order valence-corrected chi connectivity index (χ4v) is 2.35. The van der Waals surface area contributed by atoms with Crippen molar-refractivity contribution in [3.63, 3.8) is 0 Å². The summed E-state index contributed by atoms with van der Waals surface area (Å²) in [5.74, 6) is -0.153. The van der Waals surface area contributed by atoms with E-state index in [-0.39, 0.29) is 11.9 Å². The van der Waals surface area contributed by atoms with Gasteiger partial charge in [-0.2, -0.15) is 0 Å². The Labute approximate surface area is 122 Å². The molecule has 0 fully saturated rings. The zero-order chi connectivity index (χ0) is 14.9. The second-order valence-corrected chi connectivity index (χ2v) is 5.26. The molecule has 1 aromatic carbocycles. The number of halogens is 1. The zero-order valence-corrected chi connectivity index (χ0v) is 12.3. The van der Waals surface area contributed by atoms with Crippen molar-refractivity contribution >= 4 is 23.5 Å². The first kappa shape index (κ1) is 14.4. The maximum absolute atomic E-state index is 12.3. The number of carbonyl (C=O) groups is 2. The maximum atomic E-state index is 12.3. The van der Waals surface area contributed by atoms with Crippen LogP contribution >= 0.6 is 11.6 Å². The van der Waals surface area contributed by atoms with Crippen LogP contribution in [-0.4, -0.2) is 30.9 Å². The van der Waals surface area contributed by atoms with Crippen LogP contribution in [0.2, 0.25) is 5.02 Å². The van der Waals surface area contributed by atoms with Crippen molar-refractivity contribution in [3.8, 4) is 0 Å². The number of nitrogens with zero attached hydrogens (tertiary/aromatic N) is 1. The zero-order valence-electron chi connectivity index (χ0n) is 11.5. The molecule has 5 nitrogen and oxygen atoms in total. The lowest BCUT2D eigenvalue weighted by atomic mass is 9.94. The highest BCUT2D eigenvalue weighted by atomic mass is 35.5.